The normalized spacial score (nSPS) is 21.4. The highest BCUT2D eigenvalue weighted by atomic mass is 16.4. The van der Waals surface area contributed by atoms with E-state index in [4.69, 9.17) is 10.2 Å². The van der Waals surface area contributed by atoms with Gasteiger partial charge in [0.2, 0.25) is 11.8 Å². The molecule has 1 aromatic heterocycles. The predicted molar refractivity (Wildman–Crippen MR) is 111 cm³/mol. The van der Waals surface area contributed by atoms with Gasteiger partial charge < -0.3 is 10.2 Å². The number of hydrogen-bond donors (Lipinski definition) is 1. The molecule has 0 unspecified atom stereocenters. The van der Waals surface area contributed by atoms with Gasteiger partial charge in [0.25, 0.3) is 0 Å². The van der Waals surface area contributed by atoms with Crippen LogP contribution in [0.2, 0.25) is 0 Å². The number of nitrogens with zero attached hydrogens (tertiary/aromatic N) is 2. The molecular formula is C24H27N3O2. The Morgan fingerprint density at radius 1 is 1.03 bits per heavy atom. The maximum Gasteiger partial charge on any atom is 0.236 e. The second-order valence-corrected chi connectivity index (χ2v) is 8.25. The summed E-state index contributed by atoms with van der Waals surface area (Å²) in [7, 11) is 0. The molecule has 1 aliphatic rings. The molecule has 0 aliphatic heterocycles. The molecule has 5 heteroatoms. The number of rotatable bonds is 6. The number of hydrogen-bond acceptors (Lipinski definition) is 5. The standard InChI is InChI=1S/C24H27N3O2/c1-24(25,16-17-10-4-2-5-11-17)23-27-26-22(29-23)20-15-9-8-14-19(20)21(28)18-12-6-3-7-13-18/h2-7,10-13,19-20H,8-9,14-16,25H2,1H3/t19-,20-,24+/m0/s1. The molecule has 4 rings (SSSR count). The molecule has 1 heterocycles. The maximum absolute atomic E-state index is 13.1. The van der Waals surface area contributed by atoms with Crippen molar-refractivity contribution in [1.82, 2.24) is 10.2 Å². The van der Waals surface area contributed by atoms with Crippen LogP contribution in [0.25, 0.3) is 0 Å². The van der Waals surface area contributed by atoms with E-state index in [0.29, 0.717) is 18.2 Å². The van der Waals surface area contributed by atoms with E-state index < -0.39 is 5.54 Å². The summed E-state index contributed by atoms with van der Waals surface area (Å²) in [6.07, 6.45) is 4.44. The number of benzene rings is 2. The lowest BCUT2D eigenvalue weighted by molar-refractivity contribution is 0.0853. The Balaban J connectivity index is 1.56. The number of carbonyl (C=O) groups excluding carboxylic acids is 1. The van der Waals surface area contributed by atoms with Crippen molar-refractivity contribution >= 4 is 5.78 Å². The van der Waals surface area contributed by atoms with E-state index in [-0.39, 0.29) is 17.6 Å². The van der Waals surface area contributed by atoms with Crippen LogP contribution in [-0.4, -0.2) is 16.0 Å². The van der Waals surface area contributed by atoms with Crippen molar-refractivity contribution in [2.75, 3.05) is 0 Å². The zero-order valence-corrected chi connectivity index (χ0v) is 16.8. The Morgan fingerprint density at radius 3 is 2.41 bits per heavy atom. The van der Waals surface area contributed by atoms with Crippen LogP contribution in [0.5, 0.6) is 0 Å². The highest BCUT2D eigenvalue weighted by Gasteiger charge is 2.37. The number of carbonyl (C=O) groups is 1. The second-order valence-electron chi connectivity index (χ2n) is 8.25. The number of aromatic nitrogens is 2. The Morgan fingerprint density at radius 2 is 1.69 bits per heavy atom. The molecule has 0 saturated heterocycles. The van der Waals surface area contributed by atoms with Gasteiger partial charge in [-0.15, -0.1) is 10.2 Å². The zero-order chi connectivity index (χ0) is 20.3. The van der Waals surface area contributed by atoms with Crippen LogP contribution in [0.1, 0.15) is 66.2 Å². The number of Topliss-reactive ketones (excluding diaryl/α,β-unsaturated/α-hetero) is 1. The van der Waals surface area contributed by atoms with Crippen LogP contribution in [0.4, 0.5) is 0 Å². The first-order valence-corrected chi connectivity index (χ1v) is 10.3. The van der Waals surface area contributed by atoms with E-state index >= 15 is 0 Å². The molecule has 2 N–H and O–H groups in total. The summed E-state index contributed by atoms with van der Waals surface area (Å²) in [6, 6.07) is 19.5. The number of ketones is 1. The van der Waals surface area contributed by atoms with Crippen LogP contribution in [-0.2, 0) is 12.0 Å². The van der Waals surface area contributed by atoms with Gasteiger partial charge in [-0.05, 0) is 31.7 Å². The third kappa shape index (κ3) is 4.30. The van der Waals surface area contributed by atoms with Crippen LogP contribution >= 0.6 is 0 Å². The first-order valence-electron chi connectivity index (χ1n) is 10.3. The molecule has 0 radical (unpaired) electrons. The van der Waals surface area contributed by atoms with Gasteiger partial charge in [-0.25, -0.2) is 0 Å². The van der Waals surface area contributed by atoms with Crippen molar-refractivity contribution in [2.24, 2.45) is 11.7 Å². The third-order valence-corrected chi connectivity index (χ3v) is 5.82. The minimum absolute atomic E-state index is 0.0507. The smallest absolute Gasteiger partial charge is 0.236 e. The SMILES string of the molecule is C[C@@](N)(Cc1ccccc1)c1nnc([C@H]2CCCC[C@@H]2C(=O)c2ccccc2)o1. The van der Waals surface area contributed by atoms with Gasteiger partial charge in [0.1, 0.15) is 0 Å². The lowest BCUT2D eigenvalue weighted by atomic mass is 9.75. The molecule has 0 bridgehead atoms. The predicted octanol–water partition coefficient (Wildman–Crippen LogP) is 4.64. The fourth-order valence-corrected chi connectivity index (χ4v) is 4.27. The topological polar surface area (TPSA) is 82.0 Å². The molecule has 150 valence electrons. The molecule has 3 aromatic rings. The zero-order valence-electron chi connectivity index (χ0n) is 16.8. The van der Waals surface area contributed by atoms with Crippen molar-refractivity contribution in [3.8, 4) is 0 Å². The monoisotopic (exact) mass is 389 g/mol. The molecule has 1 saturated carbocycles. The molecule has 29 heavy (non-hydrogen) atoms. The van der Waals surface area contributed by atoms with Crippen molar-refractivity contribution in [3.05, 3.63) is 83.6 Å². The van der Waals surface area contributed by atoms with Crippen LogP contribution in [0.3, 0.4) is 0 Å². The lowest BCUT2D eigenvalue weighted by Gasteiger charge is -2.28. The molecule has 0 amide bonds. The van der Waals surface area contributed by atoms with Crippen molar-refractivity contribution in [1.29, 1.82) is 0 Å². The Labute approximate surface area is 171 Å². The molecular weight excluding hydrogens is 362 g/mol. The molecule has 5 nitrogen and oxygen atoms in total. The minimum Gasteiger partial charge on any atom is -0.423 e. The fraction of sp³-hybridized carbons (Fsp3) is 0.375. The van der Waals surface area contributed by atoms with E-state index in [9.17, 15) is 4.79 Å². The summed E-state index contributed by atoms with van der Waals surface area (Å²) >= 11 is 0. The molecule has 1 fully saturated rings. The van der Waals surface area contributed by atoms with Gasteiger partial charge in [-0.3, -0.25) is 4.79 Å². The molecule has 1 aliphatic carbocycles. The van der Waals surface area contributed by atoms with E-state index in [1.54, 1.807) is 0 Å². The quantitative estimate of drug-likeness (QED) is 0.621. The first kappa shape index (κ1) is 19.5. The Bertz CT molecular complexity index is 951. The van der Waals surface area contributed by atoms with Gasteiger partial charge in [0.15, 0.2) is 5.78 Å². The summed E-state index contributed by atoms with van der Waals surface area (Å²) in [5.41, 5.74) is 7.64. The van der Waals surface area contributed by atoms with Crippen LogP contribution in [0, 0.1) is 5.92 Å². The van der Waals surface area contributed by atoms with Gasteiger partial charge in [-0.1, -0.05) is 73.5 Å². The fourth-order valence-electron chi connectivity index (χ4n) is 4.27. The summed E-state index contributed by atoms with van der Waals surface area (Å²) < 4.78 is 6.08. The Hall–Kier alpha value is -2.79. The summed E-state index contributed by atoms with van der Waals surface area (Å²) in [6.45, 7) is 1.91. The maximum atomic E-state index is 13.1. The first-order chi connectivity index (χ1) is 14.0. The van der Waals surface area contributed by atoms with Crippen LogP contribution < -0.4 is 5.73 Å². The third-order valence-electron chi connectivity index (χ3n) is 5.82. The summed E-state index contributed by atoms with van der Waals surface area (Å²) in [4.78, 5) is 13.1. The highest BCUT2D eigenvalue weighted by Crippen LogP contribution is 2.39. The van der Waals surface area contributed by atoms with E-state index in [0.717, 1.165) is 36.8 Å². The average Bonchev–Trinajstić information content (AvgIpc) is 3.26. The van der Waals surface area contributed by atoms with Crippen LogP contribution in [0.15, 0.2) is 65.1 Å². The van der Waals surface area contributed by atoms with Crippen molar-refractivity contribution in [2.45, 2.75) is 50.5 Å². The molecule has 0 spiro atoms. The van der Waals surface area contributed by atoms with E-state index in [2.05, 4.69) is 10.2 Å². The Kier molecular flexibility index (Phi) is 5.58. The van der Waals surface area contributed by atoms with Crippen molar-refractivity contribution < 1.29 is 9.21 Å². The van der Waals surface area contributed by atoms with E-state index in [1.807, 2.05) is 67.6 Å². The van der Waals surface area contributed by atoms with Gasteiger partial charge in [-0.2, -0.15) is 0 Å². The van der Waals surface area contributed by atoms with Gasteiger partial charge in [0, 0.05) is 17.4 Å². The van der Waals surface area contributed by atoms with Gasteiger partial charge >= 0.3 is 0 Å². The largest absolute Gasteiger partial charge is 0.423 e. The minimum atomic E-state index is -0.764. The van der Waals surface area contributed by atoms with Gasteiger partial charge in [0.05, 0.1) is 5.54 Å². The molecule has 3 atom stereocenters. The summed E-state index contributed by atoms with van der Waals surface area (Å²) in [5.74, 6) is 0.948. The highest BCUT2D eigenvalue weighted by molar-refractivity contribution is 5.98. The lowest BCUT2D eigenvalue weighted by Crippen LogP contribution is -2.36. The average molecular weight is 389 g/mol. The molecule has 2 aromatic carbocycles. The van der Waals surface area contributed by atoms with E-state index in [1.165, 1.54) is 0 Å². The second kappa shape index (κ2) is 8.29. The number of nitrogens with two attached hydrogens (primary N) is 1. The summed E-state index contributed by atoms with van der Waals surface area (Å²) in [5, 5.41) is 8.60. The van der Waals surface area contributed by atoms with Crippen molar-refractivity contribution in [3.63, 3.8) is 0 Å².